The monoisotopic (exact) mass is 338 g/mol. The van der Waals surface area contributed by atoms with E-state index in [1.54, 1.807) is 25.1 Å². The van der Waals surface area contributed by atoms with Crippen LogP contribution in [0, 0.1) is 12.7 Å². The maximum atomic E-state index is 13.2. The molecule has 3 aromatic rings. The Morgan fingerprint density at radius 3 is 2.68 bits per heavy atom. The standard InChI is InChI=1S/C18H15FN4O2/c1-13-20-21-22-23(13)17(11-14-6-3-2-4-7-14)18(24)25-12-15-8-5-9-16(19)10-15/h2-11H,12H2,1H3/b17-11+. The lowest BCUT2D eigenvalue weighted by atomic mass is 10.2. The van der Waals surface area contributed by atoms with Crippen molar-refractivity contribution in [2.45, 2.75) is 13.5 Å². The Hall–Kier alpha value is -3.35. The summed E-state index contributed by atoms with van der Waals surface area (Å²) in [5.41, 5.74) is 1.53. The Balaban J connectivity index is 1.85. The van der Waals surface area contributed by atoms with Crippen molar-refractivity contribution in [2.75, 3.05) is 0 Å². The molecule has 0 spiro atoms. The molecule has 25 heavy (non-hydrogen) atoms. The van der Waals surface area contributed by atoms with Gasteiger partial charge < -0.3 is 4.74 Å². The molecule has 0 unspecified atom stereocenters. The number of rotatable bonds is 5. The summed E-state index contributed by atoms with van der Waals surface area (Å²) in [5, 5.41) is 11.2. The lowest BCUT2D eigenvalue weighted by Gasteiger charge is -2.09. The fraction of sp³-hybridized carbons (Fsp3) is 0.111. The number of hydrogen-bond donors (Lipinski definition) is 0. The maximum absolute atomic E-state index is 13.2. The molecule has 126 valence electrons. The van der Waals surface area contributed by atoms with E-state index >= 15 is 0 Å². The highest BCUT2D eigenvalue weighted by Gasteiger charge is 2.18. The van der Waals surface area contributed by atoms with Crippen molar-refractivity contribution in [1.29, 1.82) is 0 Å². The van der Waals surface area contributed by atoms with E-state index in [0.717, 1.165) is 5.56 Å². The Bertz CT molecular complexity index is 906. The molecule has 0 aliphatic carbocycles. The van der Waals surface area contributed by atoms with Crippen molar-refractivity contribution < 1.29 is 13.9 Å². The Morgan fingerprint density at radius 1 is 1.20 bits per heavy atom. The second-order valence-electron chi connectivity index (χ2n) is 5.28. The van der Waals surface area contributed by atoms with Crippen LogP contribution in [0.5, 0.6) is 0 Å². The molecule has 3 rings (SSSR count). The quantitative estimate of drug-likeness (QED) is 0.528. The lowest BCUT2D eigenvalue weighted by molar-refractivity contribution is -0.138. The van der Waals surface area contributed by atoms with E-state index in [-0.39, 0.29) is 18.1 Å². The molecular formula is C18H15FN4O2. The summed E-state index contributed by atoms with van der Waals surface area (Å²) in [6.07, 6.45) is 1.64. The van der Waals surface area contributed by atoms with Gasteiger partial charge >= 0.3 is 5.97 Å². The molecule has 1 heterocycles. The van der Waals surface area contributed by atoms with Gasteiger partial charge in [-0.25, -0.2) is 9.18 Å². The highest BCUT2D eigenvalue weighted by atomic mass is 19.1. The van der Waals surface area contributed by atoms with Gasteiger partial charge in [-0.05, 0) is 46.7 Å². The van der Waals surface area contributed by atoms with Crippen LogP contribution in [0.3, 0.4) is 0 Å². The van der Waals surface area contributed by atoms with Crippen molar-refractivity contribution in [1.82, 2.24) is 20.2 Å². The summed E-state index contributed by atoms with van der Waals surface area (Å²) < 4.78 is 19.8. The summed E-state index contributed by atoms with van der Waals surface area (Å²) >= 11 is 0. The maximum Gasteiger partial charge on any atom is 0.357 e. The van der Waals surface area contributed by atoms with Crippen molar-refractivity contribution in [3.8, 4) is 0 Å². The van der Waals surface area contributed by atoms with Gasteiger partial charge in [0, 0.05) is 0 Å². The number of nitrogens with zero attached hydrogens (tertiary/aromatic N) is 4. The van der Waals surface area contributed by atoms with Crippen molar-refractivity contribution in [2.24, 2.45) is 0 Å². The third-order valence-corrected chi connectivity index (χ3v) is 3.42. The number of halogens is 1. The molecule has 1 aromatic heterocycles. The van der Waals surface area contributed by atoms with Gasteiger partial charge in [0.05, 0.1) is 0 Å². The van der Waals surface area contributed by atoms with Crippen LogP contribution in [0.1, 0.15) is 17.0 Å². The second-order valence-corrected chi connectivity index (χ2v) is 5.28. The van der Waals surface area contributed by atoms with Crippen molar-refractivity contribution in [3.05, 3.63) is 77.4 Å². The van der Waals surface area contributed by atoms with E-state index in [2.05, 4.69) is 15.5 Å². The fourth-order valence-electron chi connectivity index (χ4n) is 2.22. The molecule has 0 aliphatic heterocycles. The predicted octanol–water partition coefficient (Wildman–Crippen LogP) is 2.86. The van der Waals surface area contributed by atoms with Gasteiger partial charge in [-0.15, -0.1) is 5.10 Å². The first-order valence-corrected chi connectivity index (χ1v) is 7.57. The van der Waals surface area contributed by atoms with E-state index in [1.807, 2.05) is 30.3 Å². The number of benzene rings is 2. The Labute approximate surface area is 143 Å². The molecule has 0 radical (unpaired) electrons. The highest BCUT2D eigenvalue weighted by molar-refractivity contribution is 6.15. The molecule has 0 bridgehead atoms. The number of tetrazole rings is 1. The van der Waals surface area contributed by atoms with Crippen LogP contribution in [-0.2, 0) is 16.1 Å². The number of esters is 1. The minimum absolute atomic E-state index is 0.0517. The highest BCUT2D eigenvalue weighted by Crippen LogP contribution is 2.15. The minimum atomic E-state index is -0.608. The van der Waals surface area contributed by atoms with E-state index < -0.39 is 5.97 Å². The lowest BCUT2D eigenvalue weighted by Crippen LogP contribution is -2.15. The number of hydrogen-bond acceptors (Lipinski definition) is 5. The molecule has 0 aliphatic rings. The molecule has 0 fully saturated rings. The molecule has 0 saturated heterocycles. The van der Waals surface area contributed by atoms with Crippen molar-refractivity contribution in [3.63, 3.8) is 0 Å². The van der Waals surface area contributed by atoms with Crippen LogP contribution in [0.25, 0.3) is 11.8 Å². The van der Waals surface area contributed by atoms with Crippen LogP contribution in [-0.4, -0.2) is 26.2 Å². The van der Waals surface area contributed by atoms with Crippen molar-refractivity contribution >= 4 is 17.7 Å². The first-order chi connectivity index (χ1) is 12.1. The van der Waals surface area contributed by atoms with Gasteiger partial charge in [0.1, 0.15) is 12.4 Å². The first-order valence-electron chi connectivity index (χ1n) is 7.57. The average molecular weight is 338 g/mol. The largest absolute Gasteiger partial charge is 0.456 e. The van der Waals surface area contributed by atoms with Gasteiger partial charge in [0.2, 0.25) is 0 Å². The van der Waals surface area contributed by atoms with E-state index in [9.17, 15) is 9.18 Å². The third-order valence-electron chi connectivity index (χ3n) is 3.42. The normalized spacial score (nSPS) is 11.4. The van der Waals surface area contributed by atoms with Crippen LogP contribution >= 0.6 is 0 Å². The predicted molar refractivity (Wildman–Crippen MR) is 89.4 cm³/mol. The van der Waals surface area contributed by atoms with Crippen LogP contribution in [0.15, 0.2) is 54.6 Å². The Morgan fingerprint density at radius 2 is 2.00 bits per heavy atom. The number of ether oxygens (including phenoxy) is 1. The Kier molecular flexibility index (Phi) is 4.94. The van der Waals surface area contributed by atoms with Crippen LogP contribution in [0.4, 0.5) is 4.39 Å². The van der Waals surface area contributed by atoms with E-state index in [4.69, 9.17) is 4.74 Å². The topological polar surface area (TPSA) is 69.9 Å². The molecule has 0 N–H and O–H groups in total. The van der Waals surface area contributed by atoms with Gasteiger partial charge in [0.25, 0.3) is 0 Å². The van der Waals surface area contributed by atoms with Crippen LogP contribution < -0.4 is 0 Å². The minimum Gasteiger partial charge on any atom is -0.456 e. The third kappa shape index (κ3) is 4.14. The van der Waals surface area contributed by atoms with E-state index in [1.165, 1.54) is 16.8 Å². The molecule has 7 heteroatoms. The van der Waals surface area contributed by atoms with Crippen LogP contribution in [0.2, 0.25) is 0 Å². The number of carbonyl (C=O) groups is 1. The summed E-state index contributed by atoms with van der Waals surface area (Å²) in [7, 11) is 0. The van der Waals surface area contributed by atoms with Gasteiger partial charge in [-0.3, -0.25) is 0 Å². The molecule has 0 amide bonds. The molecule has 6 nitrogen and oxygen atoms in total. The zero-order chi connectivity index (χ0) is 17.6. The number of aryl methyl sites for hydroxylation is 1. The van der Waals surface area contributed by atoms with Gasteiger partial charge in [0.15, 0.2) is 11.5 Å². The zero-order valence-corrected chi connectivity index (χ0v) is 13.5. The summed E-state index contributed by atoms with van der Waals surface area (Å²) in [5.74, 6) is -0.543. The average Bonchev–Trinajstić information content (AvgIpc) is 3.04. The smallest absolute Gasteiger partial charge is 0.357 e. The van der Waals surface area contributed by atoms with Gasteiger partial charge in [-0.2, -0.15) is 4.68 Å². The summed E-state index contributed by atoms with van der Waals surface area (Å²) in [6, 6.07) is 15.2. The molecular weight excluding hydrogens is 323 g/mol. The zero-order valence-electron chi connectivity index (χ0n) is 13.5. The fourth-order valence-corrected chi connectivity index (χ4v) is 2.22. The second kappa shape index (κ2) is 7.48. The molecule has 2 aromatic carbocycles. The van der Waals surface area contributed by atoms with Gasteiger partial charge in [-0.1, -0.05) is 42.5 Å². The molecule has 0 saturated carbocycles. The summed E-state index contributed by atoms with van der Waals surface area (Å²) in [4.78, 5) is 12.6. The number of aromatic nitrogens is 4. The van der Waals surface area contributed by atoms with E-state index in [0.29, 0.717) is 11.4 Å². The SMILES string of the molecule is Cc1nnnn1/C(=C/c1ccccc1)C(=O)OCc1cccc(F)c1. The molecule has 0 atom stereocenters. The number of carbonyl (C=O) groups excluding carboxylic acids is 1. The first kappa shape index (κ1) is 16.5. The summed E-state index contributed by atoms with van der Waals surface area (Å²) in [6.45, 7) is 1.63.